The molecule has 2 aromatic rings. The first-order valence-corrected chi connectivity index (χ1v) is 8.52. The number of amides is 1. The zero-order chi connectivity index (χ0) is 17.4. The van der Waals surface area contributed by atoms with Crippen molar-refractivity contribution in [2.24, 2.45) is 0 Å². The first kappa shape index (κ1) is 15.9. The predicted molar refractivity (Wildman–Crippen MR) is 91.6 cm³/mol. The molecule has 3 heterocycles. The van der Waals surface area contributed by atoms with Crippen LogP contribution in [0, 0.1) is 0 Å². The van der Waals surface area contributed by atoms with Gasteiger partial charge in [-0.2, -0.15) is 0 Å². The Morgan fingerprint density at radius 2 is 2.08 bits per heavy atom. The second-order valence-electron chi connectivity index (χ2n) is 6.54. The lowest BCUT2D eigenvalue weighted by Gasteiger charge is -2.35. The fourth-order valence-corrected chi connectivity index (χ4v) is 4.06. The van der Waals surface area contributed by atoms with Gasteiger partial charge in [0.15, 0.2) is 11.5 Å². The van der Waals surface area contributed by atoms with Gasteiger partial charge in [-0.25, -0.2) is 9.97 Å². The minimum atomic E-state index is 0.114. The molecule has 4 rings (SSSR count). The number of carbonyl (C=O) groups excluding carboxylic acids is 1. The van der Waals surface area contributed by atoms with Gasteiger partial charge >= 0.3 is 0 Å². The molecule has 6 nitrogen and oxygen atoms in total. The van der Waals surface area contributed by atoms with Crippen molar-refractivity contribution in [3.05, 3.63) is 47.5 Å². The van der Waals surface area contributed by atoms with Crippen molar-refractivity contribution in [1.82, 2.24) is 14.9 Å². The third-order valence-electron chi connectivity index (χ3n) is 5.21. The quantitative estimate of drug-likeness (QED) is 0.855. The van der Waals surface area contributed by atoms with Crippen molar-refractivity contribution in [2.45, 2.75) is 37.8 Å². The molecule has 6 heteroatoms. The summed E-state index contributed by atoms with van der Waals surface area (Å²) in [4.78, 5) is 23.6. The van der Waals surface area contributed by atoms with Crippen LogP contribution in [0.1, 0.15) is 35.7 Å². The van der Waals surface area contributed by atoms with Gasteiger partial charge in [0, 0.05) is 24.2 Å². The molecule has 0 radical (unpaired) electrons. The van der Waals surface area contributed by atoms with E-state index in [1.807, 2.05) is 29.3 Å². The summed E-state index contributed by atoms with van der Waals surface area (Å²) < 4.78 is 10.6. The Balaban J connectivity index is 1.56. The van der Waals surface area contributed by atoms with Gasteiger partial charge in [-0.05, 0) is 30.5 Å². The molecule has 0 saturated carbocycles. The molecule has 1 fully saturated rings. The Bertz CT molecular complexity index is 808. The highest BCUT2D eigenvalue weighted by Gasteiger charge is 2.42. The summed E-state index contributed by atoms with van der Waals surface area (Å²) in [5.74, 6) is 1.46. The van der Waals surface area contributed by atoms with Crippen molar-refractivity contribution in [2.75, 3.05) is 14.2 Å². The number of benzene rings is 1. The summed E-state index contributed by atoms with van der Waals surface area (Å²) in [5, 5.41) is 0. The van der Waals surface area contributed by atoms with E-state index < -0.39 is 0 Å². The number of fused-ring (bicyclic) bond motifs is 4. The third kappa shape index (κ3) is 2.71. The average Bonchev–Trinajstić information content (AvgIpc) is 2.96. The molecule has 2 bridgehead atoms. The second kappa shape index (κ2) is 6.35. The summed E-state index contributed by atoms with van der Waals surface area (Å²) in [6, 6.07) is 6.00. The van der Waals surface area contributed by atoms with Crippen LogP contribution in [0.5, 0.6) is 11.5 Å². The maximum atomic E-state index is 13.0. The predicted octanol–water partition coefficient (Wildman–Crippen LogP) is 2.32. The third-order valence-corrected chi connectivity index (χ3v) is 5.21. The molecule has 1 aromatic heterocycles. The van der Waals surface area contributed by atoms with E-state index >= 15 is 0 Å². The molecule has 2 aliphatic rings. The van der Waals surface area contributed by atoms with E-state index in [2.05, 4.69) is 9.97 Å². The van der Waals surface area contributed by atoms with E-state index in [4.69, 9.17) is 9.47 Å². The van der Waals surface area contributed by atoms with Gasteiger partial charge in [0.1, 0.15) is 6.33 Å². The molecule has 25 heavy (non-hydrogen) atoms. The number of hydrogen-bond donors (Lipinski definition) is 0. The number of aromatic nitrogens is 2. The number of ether oxygens (including phenoxy) is 2. The van der Waals surface area contributed by atoms with E-state index in [1.165, 1.54) is 0 Å². The van der Waals surface area contributed by atoms with Gasteiger partial charge in [-0.1, -0.05) is 6.07 Å². The van der Waals surface area contributed by atoms with Crippen LogP contribution < -0.4 is 9.47 Å². The highest BCUT2D eigenvalue weighted by atomic mass is 16.5. The number of hydrogen-bond acceptors (Lipinski definition) is 5. The topological polar surface area (TPSA) is 64.5 Å². The van der Waals surface area contributed by atoms with Crippen LogP contribution >= 0.6 is 0 Å². The normalized spacial score (nSPS) is 21.0. The smallest absolute Gasteiger partial charge is 0.227 e. The summed E-state index contributed by atoms with van der Waals surface area (Å²) in [6.45, 7) is 0. The van der Waals surface area contributed by atoms with Crippen LogP contribution in [-0.2, 0) is 17.6 Å². The van der Waals surface area contributed by atoms with Gasteiger partial charge in [0.25, 0.3) is 0 Å². The Morgan fingerprint density at radius 3 is 2.88 bits per heavy atom. The van der Waals surface area contributed by atoms with Crippen molar-refractivity contribution >= 4 is 5.91 Å². The van der Waals surface area contributed by atoms with E-state index in [9.17, 15) is 4.79 Å². The summed E-state index contributed by atoms with van der Waals surface area (Å²) in [6.07, 6.45) is 6.66. The highest BCUT2D eigenvalue weighted by molar-refractivity contribution is 5.80. The molecule has 2 atom stereocenters. The largest absolute Gasteiger partial charge is 0.493 e. The number of rotatable bonds is 4. The van der Waals surface area contributed by atoms with Crippen molar-refractivity contribution in [3.63, 3.8) is 0 Å². The SMILES string of the molecule is COc1ccc(CC(=O)N2C3CCC2c2cncnc2C3)cc1OC. The van der Waals surface area contributed by atoms with Gasteiger partial charge in [0.2, 0.25) is 5.91 Å². The Hall–Kier alpha value is -2.63. The first-order chi connectivity index (χ1) is 12.2. The van der Waals surface area contributed by atoms with Crippen LogP contribution in [0.15, 0.2) is 30.7 Å². The lowest BCUT2D eigenvalue weighted by atomic mass is 9.98. The minimum absolute atomic E-state index is 0.114. The Kier molecular flexibility index (Phi) is 4.03. The molecule has 2 unspecified atom stereocenters. The van der Waals surface area contributed by atoms with Gasteiger partial charge < -0.3 is 14.4 Å². The number of nitrogens with zero attached hydrogens (tertiary/aromatic N) is 3. The molecule has 2 aliphatic heterocycles. The minimum Gasteiger partial charge on any atom is -0.493 e. The second-order valence-corrected chi connectivity index (χ2v) is 6.54. The Labute approximate surface area is 146 Å². The average molecular weight is 339 g/mol. The zero-order valence-corrected chi connectivity index (χ0v) is 14.4. The molecule has 1 aromatic carbocycles. The number of carbonyl (C=O) groups is 1. The number of methoxy groups -OCH3 is 2. The van der Waals surface area contributed by atoms with Crippen molar-refractivity contribution in [1.29, 1.82) is 0 Å². The maximum absolute atomic E-state index is 13.0. The van der Waals surface area contributed by atoms with Crippen LogP contribution in [-0.4, -0.2) is 41.0 Å². The van der Waals surface area contributed by atoms with E-state index in [0.29, 0.717) is 17.9 Å². The zero-order valence-electron chi connectivity index (χ0n) is 14.4. The van der Waals surface area contributed by atoms with Crippen LogP contribution in [0.3, 0.4) is 0 Å². The molecular formula is C19H21N3O3. The monoisotopic (exact) mass is 339 g/mol. The van der Waals surface area contributed by atoms with Crippen LogP contribution in [0.25, 0.3) is 0 Å². The maximum Gasteiger partial charge on any atom is 0.227 e. The summed E-state index contributed by atoms with van der Waals surface area (Å²) in [7, 11) is 3.21. The van der Waals surface area contributed by atoms with Crippen molar-refractivity contribution in [3.8, 4) is 11.5 Å². The Morgan fingerprint density at radius 1 is 1.24 bits per heavy atom. The molecule has 130 valence electrons. The van der Waals surface area contributed by atoms with Gasteiger partial charge in [-0.3, -0.25) is 4.79 Å². The van der Waals surface area contributed by atoms with E-state index in [0.717, 1.165) is 36.1 Å². The van der Waals surface area contributed by atoms with Gasteiger partial charge in [-0.15, -0.1) is 0 Å². The van der Waals surface area contributed by atoms with E-state index in [1.54, 1.807) is 20.5 Å². The summed E-state index contributed by atoms with van der Waals surface area (Å²) in [5.41, 5.74) is 3.13. The highest BCUT2D eigenvalue weighted by Crippen LogP contribution is 2.43. The molecular weight excluding hydrogens is 318 g/mol. The van der Waals surface area contributed by atoms with Crippen molar-refractivity contribution < 1.29 is 14.3 Å². The lowest BCUT2D eigenvalue weighted by molar-refractivity contribution is -0.134. The summed E-state index contributed by atoms with van der Waals surface area (Å²) >= 11 is 0. The van der Waals surface area contributed by atoms with E-state index in [-0.39, 0.29) is 18.0 Å². The molecule has 0 spiro atoms. The molecule has 0 N–H and O–H groups in total. The molecule has 1 amide bonds. The fraction of sp³-hybridized carbons (Fsp3) is 0.421. The van der Waals surface area contributed by atoms with Gasteiger partial charge in [0.05, 0.1) is 32.4 Å². The standard InChI is InChI=1S/C19H21N3O3/c1-24-17-6-3-12(7-18(17)25-2)8-19(23)22-13-4-5-16(22)14-10-20-11-21-15(14)9-13/h3,6-7,10-11,13,16H,4-5,8-9H2,1-2H3. The fourth-order valence-electron chi connectivity index (χ4n) is 4.06. The van der Waals surface area contributed by atoms with Crippen LogP contribution in [0.2, 0.25) is 0 Å². The molecule has 1 saturated heterocycles. The first-order valence-electron chi connectivity index (χ1n) is 8.52. The molecule has 0 aliphatic carbocycles. The lowest BCUT2D eigenvalue weighted by Crippen LogP contribution is -2.43. The van der Waals surface area contributed by atoms with Crippen LogP contribution in [0.4, 0.5) is 0 Å².